The first-order valence-electron chi connectivity index (χ1n) is 15.9. The Morgan fingerprint density at radius 3 is 1.65 bits per heavy atom. The average molecular weight is 951 g/mol. The maximum absolute atomic E-state index is 14.4. The third-order valence-corrected chi connectivity index (χ3v) is 9.07. The molecule has 4 aromatic carbocycles. The number of ether oxygens (including phenoxy) is 1. The van der Waals surface area contributed by atoms with Gasteiger partial charge in [-0.05, 0) is 151 Å². The molecule has 5 rings (SSSR count). The number of aliphatic hydroxyl groups excluding tert-OH is 1. The Morgan fingerprint density at radius 2 is 1.23 bits per heavy atom. The van der Waals surface area contributed by atoms with Crippen molar-refractivity contribution in [3.8, 4) is 0 Å². The lowest BCUT2D eigenvalue weighted by atomic mass is 10.1. The second-order valence-corrected chi connectivity index (χ2v) is 14.1. The van der Waals surface area contributed by atoms with Crippen LogP contribution in [0, 0.1) is 44.3 Å². The normalized spacial score (nSPS) is 12.7. The number of hydrogen-bond acceptors (Lipinski definition) is 8. The van der Waals surface area contributed by atoms with E-state index in [-0.39, 0.29) is 35.7 Å². The monoisotopic (exact) mass is 950 g/mol. The maximum Gasteiger partial charge on any atom is 0.277 e. The van der Waals surface area contributed by atoms with Gasteiger partial charge in [0.2, 0.25) is 0 Å². The maximum atomic E-state index is 14.4. The van der Waals surface area contributed by atoms with Crippen molar-refractivity contribution in [2.24, 2.45) is 0 Å². The summed E-state index contributed by atoms with van der Waals surface area (Å²) in [6.07, 6.45) is 1.24. The number of amides is 2. The van der Waals surface area contributed by atoms with E-state index >= 15 is 0 Å². The molecule has 52 heavy (non-hydrogen) atoms. The van der Waals surface area contributed by atoms with Crippen LogP contribution in [-0.4, -0.2) is 48.9 Å². The van der Waals surface area contributed by atoms with E-state index in [0.29, 0.717) is 37.4 Å². The zero-order chi connectivity index (χ0) is 38.0. The molecule has 1 saturated carbocycles. The molecule has 0 unspecified atom stereocenters. The topological polar surface area (TPSA) is 130 Å². The minimum Gasteiger partial charge on any atom is -0.393 e. The quantitative estimate of drug-likeness (QED) is 0.0371. The van der Waals surface area contributed by atoms with Crippen LogP contribution in [0.4, 0.5) is 40.3 Å². The largest absolute Gasteiger partial charge is 0.393 e. The van der Waals surface area contributed by atoms with Gasteiger partial charge in [-0.25, -0.2) is 28.5 Å². The molecule has 2 amide bonds. The Kier molecular flexibility index (Phi) is 15.0. The van der Waals surface area contributed by atoms with Crippen molar-refractivity contribution < 1.29 is 46.7 Å². The van der Waals surface area contributed by atoms with Crippen molar-refractivity contribution in [1.82, 2.24) is 11.0 Å². The van der Waals surface area contributed by atoms with Crippen LogP contribution < -0.4 is 21.6 Å². The van der Waals surface area contributed by atoms with Crippen LogP contribution >= 0.6 is 45.2 Å². The lowest BCUT2D eigenvalue weighted by Crippen LogP contribution is -2.33. The smallest absolute Gasteiger partial charge is 0.277 e. The highest BCUT2D eigenvalue weighted by Gasteiger charge is 2.45. The summed E-state index contributed by atoms with van der Waals surface area (Å²) in [4.78, 5) is 34.9. The van der Waals surface area contributed by atoms with Crippen molar-refractivity contribution in [3.05, 3.63) is 113 Å². The number of benzene rings is 4. The number of hydroxylamine groups is 2. The first kappa shape index (κ1) is 41.2. The van der Waals surface area contributed by atoms with Crippen molar-refractivity contribution >= 4 is 79.7 Å². The number of halogens is 6. The van der Waals surface area contributed by atoms with E-state index in [4.69, 9.17) is 14.4 Å². The summed E-state index contributed by atoms with van der Waals surface area (Å²) in [6, 6.07) is 15.0. The molecule has 10 nitrogen and oxygen atoms in total. The lowest BCUT2D eigenvalue weighted by molar-refractivity contribution is -0.0566. The molecule has 0 bridgehead atoms. The van der Waals surface area contributed by atoms with Crippen LogP contribution in [0.1, 0.15) is 51.6 Å². The molecule has 1 aliphatic rings. The van der Waals surface area contributed by atoms with E-state index in [9.17, 15) is 32.3 Å². The van der Waals surface area contributed by atoms with Crippen LogP contribution in [0.2, 0.25) is 0 Å². The Labute approximate surface area is 325 Å². The summed E-state index contributed by atoms with van der Waals surface area (Å²) in [5, 5.41) is 14.8. The summed E-state index contributed by atoms with van der Waals surface area (Å²) < 4.78 is 63.2. The fourth-order valence-corrected chi connectivity index (χ4v) is 5.88. The number of hydrogen-bond donors (Lipinski definition) is 5. The average Bonchev–Trinajstić information content (AvgIpc) is 3.90. The number of nitrogens with one attached hydrogen (secondary N) is 4. The van der Waals surface area contributed by atoms with E-state index < -0.39 is 40.7 Å². The molecule has 0 saturated heterocycles. The number of rotatable bonds is 14. The van der Waals surface area contributed by atoms with Crippen molar-refractivity contribution in [1.29, 1.82) is 0 Å². The number of aryl methyl sites for hydroxylation is 2. The highest BCUT2D eigenvalue weighted by molar-refractivity contribution is 14.1. The molecule has 0 spiro atoms. The van der Waals surface area contributed by atoms with Crippen molar-refractivity contribution in [2.75, 3.05) is 37.1 Å². The number of anilines is 4. The van der Waals surface area contributed by atoms with Gasteiger partial charge in [0, 0.05) is 25.1 Å². The second-order valence-electron chi connectivity index (χ2n) is 11.6. The van der Waals surface area contributed by atoms with Gasteiger partial charge < -0.3 is 20.5 Å². The summed E-state index contributed by atoms with van der Waals surface area (Å²) in [6.45, 7) is 6.25. The van der Waals surface area contributed by atoms with Crippen LogP contribution in [0.15, 0.2) is 60.7 Å². The third-order valence-electron chi connectivity index (χ3n) is 7.73. The van der Waals surface area contributed by atoms with Crippen molar-refractivity contribution in [2.45, 2.75) is 39.2 Å². The zero-order valence-corrected chi connectivity index (χ0v) is 32.6. The minimum absolute atomic E-state index is 0.0711. The van der Waals surface area contributed by atoms with E-state index in [0.717, 1.165) is 30.4 Å². The van der Waals surface area contributed by atoms with Crippen molar-refractivity contribution in [3.63, 3.8) is 0 Å². The van der Waals surface area contributed by atoms with Crippen LogP contribution in [0.3, 0.4) is 0 Å². The molecular formula is C36H36F4I2N4O6. The summed E-state index contributed by atoms with van der Waals surface area (Å²) in [5.41, 5.74) is 5.74. The molecule has 4 aromatic rings. The Hall–Kier alpha value is -3.56. The molecule has 1 fully saturated rings. The first-order valence-corrected chi connectivity index (χ1v) is 18.1. The van der Waals surface area contributed by atoms with Gasteiger partial charge >= 0.3 is 0 Å². The van der Waals surface area contributed by atoms with Gasteiger partial charge in [0.25, 0.3) is 11.8 Å². The van der Waals surface area contributed by atoms with Gasteiger partial charge in [-0.15, -0.1) is 0 Å². The van der Waals surface area contributed by atoms with E-state index in [1.54, 1.807) is 12.1 Å². The van der Waals surface area contributed by atoms with Crippen LogP contribution in [0.5, 0.6) is 0 Å². The number of aliphatic hydroxyl groups is 1. The van der Waals surface area contributed by atoms with Gasteiger partial charge in [-0.2, -0.15) is 0 Å². The third kappa shape index (κ3) is 11.0. The van der Waals surface area contributed by atoms with Gasteiger partial charge in [-0.1, -0.05) is 0 Å². The van der Waals surface area contributed by atoms with Gasteiger partial charge in [0.15, 0.2) is 23.3 Å². The van der Waals surface area contributed by atoms with Gasteiger partial charge in [0.05, 0.1) is 42.3 Å². The molecule has 5 N–H and O–H groups in total. The fourth-order valence-electron chi connectivity index (χ4n) is 4.59. The SMILES string of the molecule is CCOCCONC(=O)c1ccc(F)c(F)c1Nc1ccc(I)cc1C.Cc1cc(I)ccc1Nc1c(C(=O)NOC2(CO)CC2)ccc(F)c1F. The molecule has 1 aliphatic carbocycles. The molecule has 0 aliphatic heterocycles. The predicted octanol–water partition coefficient (Wildman–Crippen LogP) is 8.13. The molecule has 0 atom stereocenters. The lowest BCUT2D eigenvalue weighted by Gasteiger charge is -2.17. The highest BCUT2D eigenvalue weighted by Crippen LogP contribution is 2.38. The van der Waals surface area contributed by atoms with Gasteiger partial charge in [0.1, 0.15) is 5.60 Å². The standard InChI is InChI=1S/C18H17F2IN2O3.C18H19F2IN2O3/c1-10-8-11(21)2-5-14(10)22-16-12(3-4-13(19)15(16)20)17(25)23-26-18(9-24)6-7-18;1-3-25-8-9-26-23-18(24)13-5-6-14(19)16(20)17(13)22-15-7-4-12(21)10-11(15)2/h2-5,8,22,24H,6-7,9H2,1H3,(H,23,25);4-7,10,22H,3,8-9H2,1-2H3,(H,23,24). The second kappa shape index (κ2) is 19.0. The summed E-state index contributed by atoms with van der Waals surface area (Å²) >= 11 is 4.30. The zero-order valence-electron chi connectivity index (χ0n) is 28.3. The molecule has 16 heteroatoms. The summed E-state index contributed by atoms with van der Waals surface area (Å²) in [7, 11) is 0. The molecule has 0 radical (unpaired) electrons. The molecular weight excluding hydrogens is 914 g/mol. The highest BCUT2D eigenvalue weighted by atomic mass is 127. The van der Waals surface area contributed by atoms with Gasteiger partial charge in [-0.3, -0.25) is 19.3 Å². The number of carbonyl (C=O) groups is 2. The molecule has 0 heterocycles. The van der Waals surface area contributed by atoms with E-state index in [2.05, 4.69) is 66.8 Å². The minimum atomic E-state index is -1.15. The molecule has 0 aromatic heterocycles. The Bertz CT molecular complexity index is 1920. The van der Waals surface area contributed by atoms with E-state index in [1.165, 1.54) is 12.1 Å². The summed E-state index contributed by atoms with van der Waals surface area (Å²) in [5.74, 6) is -5.82. The number of carbonyl (C=O) groups excluding carboxylic acids is 2. The van der Waals surface area contributed by atoms with Crippen LogP contribution in [0.25, 0.3) is 0 Å². The predicted molar refractivity (Wildman–Crippen MR) is 205 cm³/mol. The Balaban J connectivity index is 0.000000233. The van der Waals surface area contributed by atoms with Crippen LogP contribution in [-0.2, 0) is 14.4 Å². The molecule has 278 valence electrons. The fraction of sp³-hybridized carbons (Fsp3) is 0.278. The Morgan fingerprint density at radius 1 is 0.750 bits per heavy atom. The van der Waals surface area contributed by atoms with E-state index in [1.807, 2.05) is 45.0 Å². The first-order chi connectivity index (χ1) is 24.8.